The molecule has 6 heterocycles. The molecule has 0 aliphatic carbocycles. The Morgan fingerprint density at radius 3 is 2.00 bits per heavy atom. The Hall–Kier alpha value is -0.280. The first kappa shape index (κ1) is 21.3. The third-order valence-corrected chi connectivity index (χ3v) is 10.00. The van der Waals surface area contributed by atoms with Gasteiger partial charge in [0.05, 0.1) is 18.4 Å². The van der Waals surface area contributed by atoms with Crippen molar-refractivity contribution in [2.75, 3.05) is 78.6 Å². The van der Waals surface area contributed by atoms with Crippen LogP contribution in [0.4, 0.5) is 0 Å². The van der Waals surface area contributed by atoms with Gasteiger partial charge in [0.25, 0.3) is 0 Å². The third kappa shape index (κ3) is 4.20. The van der Waals surface area contributed by atoms with Gasteiger partial charge < -0.3 is 15.4 Å². The van der Waals surface area contributed by atoms with E-state index < -0.39 is 0 Å². The number of hydrogen-bond acceptors (Lipinski definition) is 7. The fraction of sp³-hybridized carbons (Fsp3) is 1.00. The van der Waals surface area contributed by atoms with E-state index in [0.717, 1.165) is 26.2 Å². The predicted octanol–water partition coefficient (Wildman–Crippen LogP) is 0.833. The number of nitrogens with zero attached hydrogens (tertiary/aromatic N) is 3. The Morgan fingerprint density at radius 1 is 0.645 bits per heavy atom. The van der Waals surface area contributed by atoms with E-state index in [1.165, 1.54) is 104 Å². The summed E-state index contributed by atoms with van der Waals surface area (Å²) in [6.45, 7) is 14.0. The fourth-order valence-electron chi connectivity index (χ4n) is 7.47. The van der Waals surface area contributed by atoms with Gasteiger partial charge in [-0.05, 0) is 81.8 Å². The molecule has 6 aliphatic rings. The smallest absolute Gasteiger partial charge is 0.0961 e. The first-order chi connectivity index (χ1) is 15.2. The highest BCUT2D eigenvalue weighted by molar-refractivity contribution is 4.99. The van der Waals surface area contributed by atoms with Gasteiger partial charge in [0, 0.05) is 52.4 Å². The van der Waals surface area contributed by atoms with Crippen LogP contribution in [0.3, 0.4) is 0 Å². The van der Waals surface area contributed by atoms with Crippen LogP contribution in [0.1, 0.15) is 51.4 Å². The van der Waals surface area contributed by atoms with Gasteiger partial charge in [0.15, 0.2) is 0 Å². The van der Waals surface area contributed by atoms with Crippen LogP contribution in [-0.2, 0) is 4.74 Å². The van der Waals surface area contributed by atoms with Gasteiger partial charge in [-0.2, -0.15) is 0 Å². The van der Waals surface area contributed by atoms with Crippen molar-refractivity contribution in [1.82, 2.24) is 30.9 Å². The summed E-state index contributed by atoms with van der Waals surface area (Å²) in [4.78, 5) is 2.67. The van der Waals surface area contributed by atoms with Crippen molar-refractivity contribution in [3.8, 4) is 0 Å². The zero-order valence-corrected chi connectivity index (χ0v) is 19.5. The van der Waals surface area contributed by atoms with Crippen LogP contribution in [0.15, 0.2) is 0 Å². The lowest BCUT2D eigenvalue weighted by molar-refractivity contribution is -0.126. The minimum atomic E-state index is 0.0343. The zero-order chi connectivity index (χ0) is 20.8. The number of ether oxygens (including phenoxy) is 1. The molecule has 176 valence electrons. The maximum absolute atomic E-state index is 6.65. The van der Waals surface area contributed by atoms with E-state index in [0.29, 0.717) is 17.0 Å². The van der Waals surface area contributed by atoms with Gasteiger partial charge in [-0.3, -0.25) is 10.2 Å². The molecule has 0 bridgehead atoms. The van der Waals surface area contributed by atoms with E-state index in [1.807, 2.05) is 0 Å². The molecule has 0 aromatic heterocycles. The van der Waals surface area contributed by atoms with Crippen molar-refractivity contribution in [2.24, 2.45) is 10.8 Å². The number of morpholine rings is 1. The van der Waals surface area contributed by atoms with Crippen LogP contribution >= 0.6 is 0 Å². The highest BCUT2D eigenvalue weighted by Gasteiger charge is 2.47. The van der Waals surface area contributed by atoms with E-state index in [-0.39, 0.29) is 5.60 Å². The second-order valence-electron chi connectivity index (χ2n) is 11.7. The van der Waals surface area contributed by atoms with Crippen LogP contribution in [0, 0.1) is 10.8 Å². The Bertz CT molecular complexity index is 604. The Labute approximate surface area is 188 Å². The summed E-state index contributed by atoms with van der Waals surface area (Å²) in [6.07, 6.45) is 11.2. The largest absolute Gasteiger partial charge is 0.369 e. The molecule has 2 atom stereocenters. The van der Waals surface area contributed by atoms with E-state index in [4.69, 9.17) is 4.74 Å². The van der Waals surface area contributed by atoms with Crippen LogP contribution in [0.5, 0.6) is 0 Å². The molecule has 0 aromatic carbocycles. The average molecular weight is 433 g/mol. The summed E-state index contributed by atoms with van der Waals surface area (Å²) < 4.78 is 6.65. The van der Waals surface area contributed by atoms with Crippen LogP contribution in [0.25, 0.3) is 0 Å². The molecule has 0 saturated carbocycles. The first-order valence-electron chi connectivity index (χ1n) is 13.2. The van der Waals surface area contributed by atoms with Crippen molar-refractivity contribution >= 4 is 0 Å². The van der Waals surface area contributed by atoms with Gasteiger partial charge in [-0.1, -0.05) is 0 Å². The quantitative estimate of drug-likeness (QED) is 0.598. The number of likely N-dealkylation sites (tertiary alicyclic amines) is 1. The lowest BCUT2D eigenvalue weighted by atomic mass is 9.71. The summed E-state index contributed by atoms with van der Waals surface area (Å²) in [5.41, 5.74) is 1.27. The number of hydrazine groups is 1. The molecule has 6 aliphatic heterocycles. The van der Waals surface area contributed by atoms with Gasteiger partial charge in [0.1, 0.15) is 0 Å². The Morgan fingerprint density at radius 2 is 1.32 bits per heavy atom. The minimum absolute atomic E-state index is 0.0343. The summed E-state index contributed by atoms with van der Waals surface area (Å²) in [5, 5.41) is 16.3. The Balaban J connectivity index is 0.972. The van der Waals surface area contributed by atoms with Crippen LogP contribution in [0.2, 0.25) is 0 Å². The Kier molecular flexibility index (Phi) is 5.83. The molecular formula is C24H44N6O. The standard InChI is InChI=1S/C24H44N6O/c1-9-25-10-2-22(1)4-12-28(13-5-22)21-17-31-24(19-27-21)8-16-30(20-24)29-14-6-23(7-15-29)3-11-26-18-23/h21,25-27H,1-20H2. The maximum Gasteiger partial charge on any atom is 0.0961 e. The van der Waals surface area contributed by atoms with Crippen molar-refractivity contribution < 1.29 is 4.74 Å². The number of nitrogens with one attached hydrogen (secondary N) is 3. The summed E-state index contributed by atoms with van der Waals surface area (Å²) in [7, 11) is 0. The normalized spacial score (nSPS) is 39.7. The molecule has 6 fully saturated rings. The lowest BCUT2D eigenvalue weighted by Crippen LogP contribution is -2.63. The summed E-state index contributed by atoms with van der Waals surface area (Å²) >= 11 is 0. The van der Waals surface area contributed by atoms with Crippen molar-refractivity contribution in [3.63, 3.8) is 0 Å². The van der Waals surface area contributed by atoms with Gasteiger partial charge >= 0.3 is 0 Å². The molecule has 2 unspecified atom stereocenters. The van der Waals surface area contributed by atoms with Gasteiger partial charge in [0.2, 0.25) is 0 Å². The van der Waals surface area contributed by atoms with Crippen molar-refractivity contribution in [3.05, 3.63) is 0 Å². The molecule has 3 N–H and O–H groups in total. The van der Waals surface area contributed by atoms with E-state index in [1.54, 1.807) is 0 Å². The van der Waals surface area contributed by atoms with Crippen LogP contribution < -0.4 is 16.0 Å². The second kappa shape index (κ2) is 8.49. The molecule has 7 heteroatoms. The molecule has 3 spiro atoms. The lowest BCUT2D eigenvalue weighted by Gasteiger charge is -2.49. The molecule has 6 rings (SSSR count). The molecule has 6 saturated heterocycles. The monoisotopic (exact) mass is 432 g/mol. The number of piperidine rings is 3. The summed E-state index contributed by atoms with van der Waals surface area (Å²) in [6, 6.07) is 0. The topological polar surface area (TPSA) is 55.0 Å². The zero-order valence-electron chi connectivity index (χ0n) is 19.5. The van der Waals surface area contributed by atoms with Gasteiger partial charge in [-0.15, -0.1) is 0 Å². The second-order valence-corrected chi connectivity index (χ2v) is 11.7. The van der Waals surface area contributed by atoms with Crippen LogP contribution in [-0.4, -0.2) is 105 Å². The maximum atomic E-state index is 6.65. The first-order valence-corrected chi connectivity index (χ1v) is 13.2. The molecule has 7 nitrogen and oxygen atoms in total. The van der Waals surface area contributed by atoms with E-state index in [2.05, 4.69) is 30.9 Å². The number of hydrogen-bond donors (Lipinski definition) is 3. The summed E-state index contributed by atoms with van der Waals surface area (Å²) in [5.74, 6) is 0. The fourth-order valence-corrected chi connectivity index (χ4v) is 7.47. The van der Waals surface area contributed by atoms with E-state index in [9.17, 15) is 0 Å². The highest BCUT2D eigenvalue weighted by Crippen LogP contribution is 2.41. The minimum Gasteiger partial charge on any atom is -0.369 e. The number of rotatable bonds is 2. The van der Waals surface area contributed by atoms with Crippen molar-refractivity contribution in [1.29, 1.82) is 0 Å². The molecule has 0 amide bonds. The molecule has 0 aromatic rings. The predicted molar refractivity (Wildman–Crippen MR) is 123 cm³/mol. The van der Waals surface area contributed by atoms with E-state index >= 15 is 0 Å². The molecule has 31 heavy (non-hydrogen) atoms. The third-order valence-electron chi connectivity index (χ3n) is 10.00. The molecular weight excluding hydrogens is 388 g/mol. The van der Waals surface area contributed by atoms with Crippen molar-refractivity contribution in [2.45, 2.75) is 63.1 Å². The average Bonchev–Trinajstić information content (AvgIpc) is 3.44. The SMILES string of the molecule is C1CC2(CCN1)CCN(C1COC3(CCN(N4CCC5(CCNC5)CC4)C3)CN1)CC2. The van der Waals surface area contributed by atoms with Gasteiger partial charge in [-0.25, -0.2) is 10.0 Å². The highest BCUT2D eigenvalue weighted by atomic mass is 16.5. The molecule has 0 radical (unpaired) electrons.